The van der Waals surface area contributed by atoms with Crippen LogP contribution in [0.25, 0.3) is 30.8 Å². The highest BCUT2D eigenvalue weighted by molar-refractivity contribution is 7.20. The summed E-state index contributed by atoms with van der Waals surface area (Å²) in [7, 11) is 10.3. The third-order valence-corrected chi connectivity index (χ3v) is 11.7. The lowest BCUT2D eigenvalue weighted by atomic mass is 10.1. The van der Waals surface area contributed by atoms with Gasteiger partial charge in [0.15, 0.2) is 44.3 Å². The lowest BCUT2D eigenvalue weighted by Gasteiger charge is -2.15. The van der Waals surface area contributed by atoms with Gasteiger partial charge in [0.05, 0.1) is 59.5 Å². The number of para-hydroxylation sites is 2. The zero-order valence-electron chi connectivity index (χ0n) is 35.8. The normalized spacial score (nSPS) is 10.7. The molecule has 3 N–H and O–H groups in total. The molecule has 0 bridgehead atoms. The summed E-state index contributed by atoms with van der Waals surface area (Å²) in [4.78, 5) is 60.2. The van der Waals surface area contributed by atoms with E-state index in [1.165, 1.54) is 78.6 Å². The number of rotatable bonds is 14. The van der Waals surface area contributed by atoms with E-state index < -0.39 is 11.9 Å². The van der Waals surface area contributed by atoms with Crippen molar-refractivity contribution in [2.75, 3.05) is 60.4 Å². The molecular formula is C45H40N6O12S2. The van der Waals surface area contributed by atoms with Crippen molar-refractivity contribution >= 4 is 67.7 Å². The van der Waals surface area contributed by atoms with E-state index in [2.05, 4.69) is 20.6 Å². The Kier molecular flexibility index (Phi) is 13.5. The number of fused-ring (bicyclic) bond motifs is 2. The van der Waals surface area contributed by atoms with Crippen LogP contribution in [0.1, 0.15) is 41.7 Å². The topological polar surface area (TPSA) is 212 Å². The molecule has 4 aromatic carbocycles. The third kappa shape index (κ3) is 9.33. The van der Waals surface area contributed by atoms with Crippen LogP contribution < -0.4 is 39.1 Å². The highest BCUT2D eigenvalue weighted by Gasteiger charge is 2.22. The van der Waals surface area contributed by atoms with Crippen molar-refractivity contribution in [2.24, 2.45) is 0 Å². The first kappa shape index (κ1) is 44.9. The van der Waals surface area contributed by atoms with Crippen LogP contribution in [-0.2, 0) is 4.74 Å². The molecule has 0 radical (unpaired) electrons. The number of carboxylic acid groups (broad SMARTS) is 1. The molecule has 0 atom stereocenters. The highest BCUT2D eigenvalue weighted by atomic mass is 32.1. The van der Waals surface area contributed by atoms with Gasteiger partial charge in [-0.2, -0.15) is 0 Å². The Morgan fingerprint density at radius 2 is 0.923 bits per heavy atom. The molecule has 334 valence electrons. The zero-order chi connectivity index (χ0) is 46.4. The Morgan fingerprint density at radius 1 is 0.538 bits per heavy atom. The van der Waals surface area contributed by atoms with Gasteiger partial charge in [-0.1, -0.05) is 59.1 Å². The molecule has 0 saturated heterocycles. The summed E-state index contributed by atoms with van der Waals surface area (Å²) < 4.78 is 40.1. The molecular weight excluding hydrogens is 881 g/mol. The summed E-state index contributed by atoms with van der Waals surface area (Å²) in [6, 6.07) is 21.1. The second kappa shape index (κ2) is 19.5. The quantitative estimate of drug-likeness (QED) is 0.0879. The fraction of sp³-hybridized carbons (Fsp3) is 0.156. The van der Waals surface area contributed by atoms with Gasteiger partial charge < -0.3 is 48.9 Å². The van der Waals surface area contributed by atoms with Gasteiger partial charge in [-0.25, -0.2) is 19.6 Å². The van der Waals surface area contributed by atoms with E-state index in [1.807, 2.05) is 48.7 Å². The third-order valence-electron chi connectivity index (χ3n) is 9.66. The second-order valence-corrected chi connectivity index (χ2v) is 15.5. The number of aromatic nitrogens is 4. The van der Waals surface area contributed by atoms with Gasteiger partial charge in [0, 0.05) is 58.4 Å². The summed E-state index contributed by atoms with van der Waals surface area (Å²) in [6.07, 6.45) is 6.70. The van der Waals surface area contributed by atoms with Crippen LogP contribution in [0.5, 0.6) is 34.5 Å². The van der Waals surface area contributed by atoms with E-state index in [0.717, 1.165) is 20.9 Å². The van der Waals surface area contributed by atoms with E-state index in [9.17, 15) is 19.2 Å². The van der Waals surface area contributed by atoms with Crippen molar-refractivity contribution in [1.29, 1.82) is 0 Å². The molecule has 0 spiro atoms. The number of nitrogens with zero attached hydrogens (tertiary/aromatic N) is 4. The number of ether oxygens (including phenoxy) is 7. The van der Waals surface area contributed by atoms with Crippen molar-refractivity contribution in [3.63, 3.8) is 0 Å². The van der Waals surface area contributed by atoms with Gasteiger partial charge in [-0.15, -0.1) is 0 Å². The molecule has 8 aromatic rings. The van der Waals surface area contributed by atoms with E-state index in [4.69, 9.17) is 38.3 Å². The molecule has 2 amide bonds. The number of thiazole rings is 2. The van der Waals surface area contributed by atoms with Crippen LogP contribution >= 0.6 is 22.7 Å². The minimum absolute atomic E-state index is 0.0215. The number of anilines is 2. The van der Waals surface area contributed by atoms with Crippen LogP contribution in [0.4, 0.5) is 11.4 Å². The summed E-state index contributed by atoms with van der Waals surface area (Å²) in [5.41, 5.74) is 3.70. The number of benzene rings is 4. The number of nitrogens with one attached hydrogen (secondary N) is 2. The molecule has 4 heterocycles. The second-order valence-electron chi connectivity index (χ2n) is 13.4. The molecule has 0 saturated carbocycles. The molecule has 20 heteroatoms. The number of carbonyl (C=O) groups excluding carboxylic acids is 3. The fourth-order valence-corrected chi connectivity index (χ4v) is 8.59. The number of esters is 1. The van der Waals surface area contributed by atoms with Gasteiger partial charge in [0.2, 0.25) is 11.5 Å². The van der Waals surface area contributed by atoms with Crippen LogP contribution in [0, 0.1) is 0 Å². The SMILES string of the molecule is COC(=O)c1cn2cc(-c3ccccc3NC(=O)c3cc(OC)c(OC)c(OC)c3)sc2n1.COc1cc(C(=O)Nc2ccccc2-c2cn3cc(C(=O)O)nc3s2)cc(OC)c1OC. The van der Waals surface area contributed by atoms with Gasteiger partial charge >= 0.3 is 11.9 Å². The summed E-state index contributed by atoms with van der Waals surface area (Å²) in [5, 5.41) is 15.0. The maximum Gasteiger partial charge on any atom is 0.358 e. The molecule has 0 aliphatic rings. The molecule has 65 heavy (non-hydrogen) atoms. The lowest BCUT2D eigenvalue weighted by Crippen LogP contribution is -2.13. The molecule has 0 aliphatic carbocycles. The average Bonchev–Trinajstić information content (AvgIpc) is 4.12. The van der Waals surface area contributed by atoms with Crippen molar-refractivity contribution in [3.05, 3.63) is 120 Å². The number of amides is 2. The first-order valence-electron chi connectivity index (χ1n) is 19.1. The van der Waals surface area contributed by atoms with Crippen molar-refractivity contribution < 1.29 is 57.4 Å². The Labute approximate surface area is 378 Å². The van der Waals surface area contributed by atoms with E-state index in [0.29, 0.717) is 66.9 Å². The average molecular weight is 921 g/mol. The number of hydrogen-bond donors (Lipinski definition) is 3. The van der Waals surface area contributed by atoms with Gasteiger partial charge in [0.25, 0.3) is 11.8 Å². The van der Waals surface area contributed by atoms with Crippen LogP contribution in [-0.4, -0.2) is 97.4 Å². The molecule has 18 nitrogen and oxygen atoms in total. The Hall–Kier alpha value is -8.10. The fourth-order valence-electron chi connectivity index (χ4n) is 6.57. The van der Waals surface area contributed by atoms with Crippen molar-refractivity contribution in [1.82, 2.24) is 18.8 Å². The number of carbonyl (C=O) groups is 4. The number of methoxy groups -OCH3 is 7. The Bertz CT molecular complexity index is 2970. The number of hydrogen-bond acceptors (Lipinski definition) is 15. The van der Waals surface area contributed by atoms with Crippen LogP contribution in [0.15, 0.2) is 97.6 Å². The zero-order valence-corrected chi connectivity index (χ0v) is 37.4. The summed E-state index contributed by atoms with van der Waals surface area (Å²) in [5.74, 6) is 0.0540. The maximum atomic E-state index is 13.1. The predicted octanol–water partition coefficient (Wildman–Crippen LogP) is 8.17. The number of imidazole rings is 2. The summed E-state index contributed by atoms with van der Waals surface area (Å²) in [6.45, 7) is 0. The first-order valence-corrected chi connectivity index (χ1v) is 20.8. The minimum Gasteiger partial charge on any atom is -0.493 e. The molecule has 8 rings (SSSR count). The largest absolute Gasteiger partial charge is 0.493 e. The Morgan fingerprint density at radius 3 is 1.28 bits per heavy atom. The predicted molar refractivity (Wildman–Crippen MR) is 243 cm³/mol. The number of aromatic carboxylic acids is 1. The minimum atomic E-state index is -1.08. The lowest BCUT2D eigenvalue weighted by molar-refractivity contribution is 0.0593. The maximum absolute atomic E-state index is 13.1. The smallest absolute Gasteiger partial charge is 0.358 e. The van der Waals surface area contributed by atoms with Gasteiger partial charge in [0.1, 0.15) is 0 Å². The first-order chi connectivity index (χ1) is 31.4. The van der Waals surface area contributed by atoms with Gasteiger partial charge in [-0.3, -0.25) is 18.4 Å². The molecule has 0 unspecified atom stereocenters. The monoisotopic (exact) mass is 920 g/mol. The van der Waals surface area contributed by atoms with Crippen molar-refractivity contribution in [3.8, 4) is 55.4 Å². The van der Waals surface area contributed by atoms with Crippen LogP contribution in [0.2, 0.25) is 0 Å². The Balaban J connectivity index is 0.000000194. The summed E-state index contributed by atoms with van der Waals surface area (Å²) >= 11 is 2.71. The van der Waals surface area contributed by atoms with E-state index in [1.54, 1.807) is 51.5 Å². The van der Waals surface area contributed by atoms with Crippen molar-refractivity contribution in [2.45, 2.75) is 0 Å². The van der Waals surface area contributed by atoms with E-state index >= 15 is 0 Å². The molecule has 4 aromatic heterocycles. The highest BCUT2D eigenvalue weighted by Crippen LogP contribution is 2.41. The number of carboxylic acids is 1. The molecule has 0 aliphatic heterocycles. The standard InChI is InChI=1S/C23H21N3O6S.C22H19N3O6S/c1-29-17-9-13(10-18(30-2)20(17)31-3)21(27)24-15-8-6-5-7-14(15)19-12-26-11-16(22(28)32-4)25-23(26)33-19;1-29-16-8-12(9-17(30-2)19(16)31-3)20(26)23-14-7-5-4-6-13(14)18-11-25-10-15(21(27)28)24-22(25)32-18/h5-12H,1-4H3,(H,24,27);4-11H,1-3H3,(H,23,26)(H,27,28). The van der Waals surface area contributed by atoms with Gasteiger partial charge in [-0.05, 0) is 36.4 Å². The molecule has 0 fully saturated rings. The van der Waals surface area contributed by atoms with E-state index in [-0.39, 0.29) is 23.2 Å². The van der Waals surface area contributed by atoms with Crippen LogP contribution in [0.3, 0.4) is 0 Å².